The maximum absolute atomic E-state index is 11.4. The fourth-order valence-electron chi connectivity index (χ4n) is 3.01. The van der Waals surface area contributed by atoms with Gasteiger partial charge < -0.3 is 0 Å². The lowest BCUT2D eigenvalue weighted by molar-refractivity contribution is -0.129. The molecule has 0 aliphatic heterocycles. The molecule has 0 aromatic rings. The first-order chi connectivity index (χ1) is 5.72. The normalized spacial score (nSPS) is 45.2. The fraction of sp³-hybridized carbons (Fsp3) is 0.909. The molecule has 1 nitrogen and oxygen atoms in total. The molecule has 2 bridgehead atoms. The molecule has 3 saturated carbocycles. The first kappa shape index (κ1) is 8.28. The van der Waals surface area contributed by atoms with Crippen molar-refractivity contribution in [2.45, 2.75) is 39.5 Å². The number of rotatable bonds is 2. The van der Waals surface area contributed by atoms with Crippen LogP contribution in [0.4, 0.5) is 0 Å². The van der Waals surface area contributed by atoms with Gasteiger partial charge in [-0.25, -0.2) is 0 Å². The van der Waals surface area contributed by atoms with Crippen LogP contribution in [-0.4, -0.2) is 5.78 Å². The Hall–Kier alpha value is -0.330. The highest BCUT2D eigenvalue weighted by atomic mass is 16.1. The quantitative estimate of drug-likeness (QED) is 0.616. The van der Waals surface area contributed by atoms with Gasteiger partial charge >= 0.3 is 0 Å². The van der Waals surface area contributed by atoms with Crippen molar-refractivity contribution in [3.05, 3.63) is 0 Å². The largest absolute Gasteiger partial charge is 0.299 e. The van der Waals surface area contributed by atoms with Crippen LogP contribution in [0.1, 0.15) is 39.5 Å². The smallest absolute Gasteiger partial charge is 0.135 e. The molecule has 3 aliphatic carbocycles. The molecular weight excluding hydrogens is 148 g/mol. The third-order valence-electron chi connectivity index (χ3n) is 4.07. The van der Waals surface area contributed by atoms with Gasteiger partial charge in [-0.3, -0.25) is 4.79 Å². The van der Waals surface area contributed by atoms with Crippen molar-refractivity contribution in [2.24, 2.45) is 23.7 Å². The van der Waals surface area contributed by atoms with Crippen molar-refractivity contribution in [2.75, 3.05) is 0 Å². The first-order valence-corrected chi connectivity index (χ1v) is 5.25. The van der Waals surface area contributed by atoms with Crippen molar-refractivity contribution in [1.82, 2.24) is 0 Å². The van der Waals surface area contributed by atoms with Crippen LogP contribution in [0.25, 0.3) is 0 Å². The van der Waals surface area contributed by atoms with Crippen molar-refractivity contribution in [1.29, 1.82) is 0 Å². The van der Waals surface area contributed by atoms with E-state index in [0.717, 1.165) is 24.2 Å². The highest BCUT2D eigenvalue weighted by molar-refractivity contribution is 5.80. The van der Waals surface area contributed by atoms with Gasteiger partial charge in [-0.1, -0.05) is 13.8 Å². The van der Waals surface area contributed by atoms with Crippen molar-refractivity contribution < 1.29 is 4.79 Å². The highest BCUT2D eigenvalue weighted by Gasteiger charge is 2.45. The average molecular weight is 166 g/mol. The van der Waals surface area contributed by atoms with Gasteiger partial charge in [0.15, 0.2) is 0 Å². The second-order valence-electron chi connectivity index (χ2n) is 4.60. The second kappa shape index (κ2) is 2.86. The molecule has 2 unspecified atom stereocenters. The fourth-order valence-corrected chi connectivity index (χ4v) is 3.01. The molecule has 3 rings (SSSR count). The molecule has 0 heterocycles. The summed E-state index contributed by atoms with van der Waals surface area (Å²) in [6, 6.07) is 0. The Labute approximate surface area is 74.5 Å². The number of carbonyl (C=O) groups excluding carboxylic acids is 1. The zero-order valence-corrected chi connectivity index (χ0v) is 8.05. The molecule has 12 heavy (non-hydrogen) atoms. The van der Waals surface area contributed by atoms with E-state index in [1.165, 1.54) is 19.3 Å². The number of hydrogen-bond donors (Lipinski definition) is 0. The van der Waals surface area contributed by atoms with Crippen molar-refractivity contribution in [3.8, 4) is 0 Å². The highest BCUT2D eigenvalue weighted by Crippen LogP contribution is 2.52. The van der Waals surface area contributed by atoms with Gasteiger partial charge in [-0.05, 0) is 37.0 Å². The summed E-state index contributed by atoms with van der Waals surface area (Å²) in [4.78, 5) is 11.4. The molecule has 3 fully saturated rings. The summed E-state index contributed by atoms with van der Waals surface area (Å²) in [5.41, 5.74) is 0. The van der Waals surface area contributed by atoms with E-state index >= 15 is 0 Å². The van der Waals surface area contributed by atoms with Crippen LogP contribution in [-0.2, 0) is 4.79 Å². The molecule has 0 aromatic heterocycles. The number of fused-ring (bicyclic) bond motifs is 2. The lowest BCUT2D eigenvalue weighted by Crippen LogP contribution is -2.44. The Bertz CT molecular complexity index is 185. The molecular formula is C11H18O. The predicted molar refractivity (Wildman–Crippen MR) is 48.8 cm³/mol. The SMILES string of the molecule is CCC(=O)C1CC2CC(C1)C2C. The number of carbonyl (C=O) groups is 1. The Balaban J connectivity index is 1.94. The molecule has 0 aromatic carbocycles. The van der Waals surface area contributed by atoms with Gasteiger partial charge in [0.2, 0.25) is 0 Å². The molecule has 0 radical (unpaired) electrons. The van der Waals surface area contributed by atoms with Crippen LogP contribution in [0.2, 0.25) is 0 Å². The van der Waals surface area contributed by atoms with Crippen LogP contribution in [0.5, 0.6) is 0 Å². The third-order valence-corrected chi connectivity index (χ3v) is 4.07. The summed E-state index contributed by atoms with van der Waals surface area (Å²) in [5, 5.41) is 0. The summed E-state index contributed by atoms with van der Waals surface area (Å²) in [5.74, 6) is 3.66. The van der Waals surface area contributed by atoms with Gasteiger partial charge in [0, 0.05) is 12.3 Å². The van der Waals surface area contributed by atoms with Crippen LogP contribution in [0.3, 0.4) is 0 Å². The predicted octanol–water partition coefficient (Wildman–Crippen LogP) is 2.65. The summed E-state index contributed by atoms with van der Waals surface area (Å²) in [6.07, 6.45) is 4.56. The van der Waals surface area contributed by atoms with Crippen LogP contribution < -0.4 is 0 Å². The zero-order chi connectivity index (χ0) is 8.72. The minimum Gasteiger partial charge on any atom is -0.299 e. The maximum atomic E-state index is 11.4. The molecule has 2 atom stereocenters. The van der Waals surface area contributed by atoms with Crippen LogP contribution in [0.15, 0.2) is 0 Å². The van der Waals surface area contributed by atoms with Crippen molar-refractivity contribution in [3.63, 3.8) is 0 Å². The second-order valence-corrected chi connectivity index (χ2v) is 4.60. The number of hydrogen-bond acceptors (Lipinski definition) is 1. The third kappa shape index (κ3) is 1.10. The summed E-state index contributed by atoms with van der Waals surface area (Å²) in [7, 11) is 0. The molecule has 68 valence electrons. The van der Waals surface area contributed by atoms with E-state index in [4.69, 9.17) is 0 Å². The molecule has 1 heteroatoms. The summed E-state index contributed by atoms with van der Waals surface area (Å²) < 4.78 is 0. The van der Waals surface area contributed by atoms with Crippen LogP contribution in [0, 0.1) is 23.7 Å². The molecule has 0 N–H and O–H groups in total. The van der Waals surface area contributed by atoms with Gasteiger partial charge in [-0.2, -0.15) is 0 Å². The first-order valence-electron chi connectivity index (χ1n) is 5.25. The monoisotopic (exact) mass is 166 g/mol. The Morgan fingerprint density at radius 2 is 1.83 bits per heavy atom. The molecule has 3 aliphatic rings. The van der Waals surface area contributed by atoms with E-state index < -0.39 is 0 Å². The summed E-state index contributed by atoms with van der Waals surface area (Å²) in [6.45, 7) is 4.34. The van der Waals surface area contributed by atoms with Gasteiger partial charge in [0.1, 0.15) is 5.78 Å². The molecule has 0 amide bonds. The van der Waals surface area contributed by atoms with E-state index in [2.05, 4.69) is 6.92 Å². The van der Waals surface area contributed by atoms with E-state index in [9.17, 15) is 4.79 Å². The van der Waals surface area contributed by atoms with Crippen molar-refractivity contribution >= 4 is 5.78 Å². The average Bonchev–Trinajstić information content (AvgIpc) is 2.16. The van der Waals surface area contributed by atoms with Crippen LogP contribution >= 0.6 is 0 Å². The minimum atomic E-state index is 0.440. The van der Waals surface area contributed by atoms with E-state index in [0.29, 0.717) is 11.7 Å². The standard InChI is InChI=1S/C11H18O/c1-3-11(12)10-5-8-4-9(6-10)7(8)2/h7-10H,3-6H2,1-2H3. The molecule has 0 saturated heterocycles. The molecule has 0 spiro atoms. The minimum absolute atomic E-state index is 0.440. The Kier molecular flexibility index (Phi) is 1.97. The van der Waals surface area contributed by atoms with Gasteiger partial charge in [0.05, 0.1) is 0 Å². The van der Waals surface area contributed by atoms with E-state index in [1.807, 2.05) is 6.92 Å². The summed E-state index contributed by atoms with van der Waals surface area (Å²) >= 11 is 0. The topological polar surface area (TPSA) is 17.1 Å². The lowest BCUT2D eigenvalue weighted by atomic mass is 9.54. The maximum Gasteiger partial charge on any atom is 0.135 e. The van der Waals surface area contributed by atoms with Gasteiger partial charge in [0.25, 0.3) is 0 Å². The van der Waals surface area contributed by atoms with E-state index in [-0.39, 0.29) is 0 Å². The number of ketones is 1. The Morgan fingerprint density at radius 3 is 2.25 bits per heavy atom. The number of Topliss-reactive ketones (excluding diaryl/α,β-unsaturated/α-hetero) is 1. The lowest BCUT2D eigenvalue weighted by Gasteiger charge is -2.50. The van der Waals surface area contributed by atoms with Gasteiger partial charge in [-0.15, -0.1) is 0 Å². The zero-order valence-electron chi connectivity index (χ0n) is 8.05. The van der Waals surface area contributed by atoms with E-state index in [1.54, 1.807) is 0 Å². The Morgan fingerprint density at radius 1 is 1.25 bits per heavy atom.